The van der Waals surface area contributed by atoms with Crippen molar-refractivity contribution in [3.8, 4) is 0 Å². The summed E-state index contributed by atoms with van der Waals surface area (Å²) in [7, 11) is 0. The Morgan fingerprint density at radius 2 is 2.12 bits per heavy atom. The molecule has 0 fully saturated rings. The number of ether oxygens (including phenoxy) is 1. The van der Waals surface area contributed by atoms with Crippen molar-refractivity contribution in [3.05, 3.63) is 35.4 Å². The lowest BCUT2D eigenvalue weighted by Crippen LogP contribution is -2.42. The molecule has 2 nitrogen and oxygen atoms in total. The molecule has 0 saturated heterocycles. The van der Waals surface area contributed by atoms with Crippen LogP contribution in [0, 0.1) is 5.92 Å². The molecule has 1 aliphatic heterocycles. The molecule has 0 spiro atoms. The van der Waals surface area contributed by atoms with E-state index in [-0.39, 0.29) is 6.10 Å². The molecule has 17 heavy (non-hydrogen) atoms. The summed E-state index contributed by atoms with van der Waals surface area (Å²) >= 11 is 0. The molecule has 2 rings (SSSR count). The van der Waals surface area contributed by atoms with Gasteiger partial charge in [0.2, 0.25) is 0 Å². The van der Waals surface area contributed by atoms with Crippen LogP contribution < -0.4 is 5.32 Å². The molecule has 1 aromatic rings. The number of benzene rings is 1. The number of hydrogen-bond acceptors (Lipinski definition) is 2. The summed E-state index contributed by atoms with van der Waals surface area (Å²) in [6, 6.07) is 9.09. The fourth-order valence-corrected chi connectivity index (χ4v) is 2.65. The van der Waals surface area contributed by atoms with E-state index in [1.807, 2.05) is 0 Å². The van der Waals surface area contributed by atoms with Crippen LogP contribution in [0.1, 0.15) is 38.0 Å². The standard InChI is InChI=1S/C15H23NO/c1-4-16-14(11(2)3)15-13-8-6-5-7-12(13)9-10-17-15/h5-8,11,14-16H,4,9-10H2,1-3H3. The fraction of sp³-hybridized carbons (Fsp3) is 0.600. The summed E-state index contributed by atoms with van der Waals surface area (Å²) in [4.78, 5) is 0. The first-order chi connectivity index (χ1) is 8.24. The van der Waals surface area contributed by atoms with Crippen molar-refractivity contribution in [2.24, 2.45) is 5.92 Å². The normalized spacial score (nSPS) is 21.3. The highest BCUT2D eigenvalue weighted by Gasteiger charge is 2.29. The van der Waals surface area contributed by atoms with Crippen LogP contribution in [0.5, 0.6) is 0 Å². The second kappa shape index (κ2) is 5.65. The molecule has 0 aliphatic carbocycles. The maximum atomic E-state index is 6.02. The van der Waals surface area contributed by atoms with Gasteiger partial charge in [0.05, 0.1) is 12.7 Å². The molecule has 1 aromatic carbocycles. The maximum absolute atomic E-state index is 6.02. The van der Waals surface area contributed by atoms with Gasteiger partial charge in [-0.2, -0.15) is 0 Å². The van der Waals surface area contributed by atoms with Crippen molar-refractivity contribution in [2.45, 2.75) is 39.3 Å². The van der Waals surface area contributed by atoms with Crippen LogP contribution >= 0.6 is 0 Å². The molecule has 0 aromatic heterocycles. The van der Waals surface area contributed by atoms with E-state index in [2.05, 4.69) is 50.4 Å². The van der Waals surface area contributed by atoms with E-state index >= 15 is 0 Å². The number of likely N-dealkylation sites (N-methyl/N-ethyl adjacent to an activating group) is 1. The van der Waals surface area contributed by atoms with E-state index in [9.17, 15) is 0 Å². The summed E-state index contributed by atoms with van der Waals surface area (Å²) in [5.74, 6) is 0.575. The van der Waals surface area contributed by atoms with Gasteiger partial charge < -0.3 is 10.1 Å². The van der Waals surface area contributed by atoms with E-state index in [4.69, 9.17) is 4.74 Å². The van der Waals surface area contributed by atoms with Crippen LogP contribution in [0.25, 0.3) is 0 Å². The van der Waals surface area contributed by atoms with Gasteiger partial charge in [-0.1, -0.05) is 45.0 Å². The lowest BCUT2D eigenvalue weighted by atomic mass is 9.88. The number of rotatable bonds is 4. The number of nitrogens with one attached hydrogen (secondary N) is 1. The maximum Gasteiger partial charge on any atom is 0.0983 e. The third-order valence-corrected chi connectivity index (χ3v) is 3.51. The monoisotopic (exact) mass is 233 g/mol. The Hall–Kier alpha value is -0.860. The van der Waals surface area contributed by atoms with E-state index in [1.54, 1.807) is 0 Å². The number of hydrogen-bond donors (Lipinski definition) is 1. The van der Waals surface area contributed by atoms with E-state index in [0.717, 1.165) is 19.6 Å². The van der Waals surface area contributed by atoms with Crippen LogP contribution in [0.15, 0.2) is 24.3 Å². The molecule has 0 bridgehead atoms. The van der Waals surface area contributed by atoms with E-state index < -0.39 is 0 Å². The molecule has 2 heteroatoms. The molecule has 0 saturated carbocycles. The summed E-state index contributed by atoms with van der Waals surface area (Å²) in [6.45, 7) is 8.51. The highest BCUT2D eigenvalue weighted by atomic mass is 16.5. The predicted octanol–water partition coefficient (Wildman–Crippen LogP) is 2.93. The third kappa shape index (κ3) is 2.70. The highest BCUT2D eigenvalue weighted by Crippen LogP contribution is 2.32. The molecular weight excluding hydrogens is 210 g/mol. The minimum Gasteiger partial charge on any atom is -0.372 e. The van der Waals surface area contributed by atoms with Gasteiger partial charge >= 0.3 is 0 Å². The zero-order chi connectivity index (χ0) is 12.3. The molecule has 1 N–H and O–H groups in total. The second-order valence-corrected chi connectivity index (χ2v) is 5.07. The quantitative estimate of drug-likeness (QED) is 0.863. The minimum atomic E-state index is 0.208. The molecule has 2 atom stereocenters. The predicted molar refractivity (Wildman–Crippen MR) is 71.1 cm³/mol. The molecule has 1 heterocycles. The van der Waals surface area contributed by atoms with Crippen molar-refractivity contribution in [1.82, 2.24) is 5.32 Å². The summed E-state index contributed by atoms with van der Waals surface area (Å²) < 4.78 is 6.02. The Kier molecular flexibility index (Phi) is 4.19. The zero-order valence-electron chi connectivity index (χ0n) is 11.1. The first kappa shape index (κ1) is 12.6. The minimum absolute atomic E-state index is 0.208. The molecule has 1 aliphatic rings. The van der Waals surface area contributed by atoms with Gasteiger partial charge in [0.1, 0.15) is 0 Å². The van der Waals surface area contributed by atoms with Gasteiger partial charge in [0, 0.05) is 6.04 Å². The fourth-order valence-electron chi connectivity index (χ4n) is 2.65. The largest absolute Gasteiger partial charge is 0.372 e. The van der Waals surface area contributed by atoms with Gasteiger partial charge in [-0.3, -0.25) is 0 Å². The third-order valence-electron chi connectivity index (χ3n) is 3.51. The first-order valence-corrected chi connectivity index (χ1v) is 6.66. The lowest BCUT2D eigenvalue weighted by Gasteiger charge is -2.35. The van der Waals surface area contributed by atoms with Crippen molar-refractivity contribution in [2.75, 3.05) is 13.2 Å². The van der Waals surface area contributed by atoms with Crippen LogP contribution in [0.2, 0.25) is 0 Å². The van der Waals surface area contributed by atoms with Crippen molar-refractivity contribution in [1.29, 1.82) is 0 Å². The van der Waals surface area contributed by atoms with Crippen molar-refractivity contribution >= 4 is 0 Å². The summed E-state index contributed by atoms with van der Waals surface area (Å²) in [5, 5.41) is 3.57. The van der Waals surface area contributed by atoms with E-state index in [0.29, 0.717) is 12.0 Å². The molecule has 94 valence electrons. The van der Waals surface area contributed by atoms with Crippen LogP contribution in [-0.2, 0) is 11.2 Å². The molecule has 0 radical (unpaired) electrons. The number of fused-ring (bicyclic) bond motifs is 1. The van der Waals surface area contributed by atoms with Gasteiger partial charge in [0.25, 0.3) is 0 Å². The van der Waals surface area contributed by atoms with Gasteiger partial charge in [-0.05, 0) is 30.0 Å². The average molecular weight is 233 g/mol. The topological polar surface area (TPSA) is 21.3 Å². The zero-order valence-corrected chi connectivity index (χ0v) is 11.1. The Morgan fingerprint density at radius 3 is 2.82 bits per heavy atom. The van der Waals surface area contributed by atoms with Crippen molar-refractivity contribution < 1.29 is 4.74 Å². The Labute approximate surface area is 104 Å². The van der Waals surface area contributed by atoms with Crippen LogP contribution in [-0.4, -0.2) is 19.2 Å². The Morgan fingerprint density at radius 1 is 1.35 bits per heavy atom. The first-order valence-electron chi connectivity index (χ1n) is 6.66. The Bertz CT molecular complexity index is 362. The Balaban J connectivity index is 2.27. The smallest absolute Gasteiger partial charge is 0.0983 e. The van der Waals surface area contributed by atoms with Gasteiger partial charge in [0.15, 0.2) is 0 Å². The average Bonchev–Trinajstić information content (AvgIpc) is 2.35. The molecule has 2 unspecified atom stereocenters. The molecule has 0 amide bonds. The summed E-state index contributed by atoms with van der Waals surface area (Å²) in [6.07, 6.45) is 1.25. The second-order valence-electron chi connectivity index (χ2n) is 5.07. The van der Waals surface area contributed by atoms with Crippen LogP contribution in [0.4, 0.5) is 0 Å². The van der Waals surface area contributed by atoms with Crippen molar-refractivity contribution in [3.63, 3.8) is 0 Å². The lowest BCUT2D eigenvalue weighted by molar-refractivity contribution is 0.00418. The highest BCUT2D eigenvalue weighted by molar-refractivity contribution is 5.32. The van der Waals surface area contributed by atoms with Gasteiger partial charge in [-0.25, -0.2) is 0 Å². The van der Waals surface area contributed by atoms with Crippen LogP contribution in [0.3, 0.4) is 0 Å². The molecular formula is C15H23NO. The SMILES string of the molecule is CCNC(C(C)C)C1OCCc2ccccc21. The van der Waals surface area contributed by atoms with Gasteiger partial charge in [-0.15, -0.1) is 0 Å². The van der Waals surface area contributed by atoms with E-state index in [1.165, 1.54) is 11.1 Å². The summed E-state index contributed by atoms with van der Waals surface area (Å²) in [5.41, 5.74) is 2.82.